The summed E-state index contributed by atoms with van der Waals surface area (Å²) in [5.74, 6) is 0.180. The topological polar surface area (TPSA) is 110 Å². The molecule has 4 rings (SSSR count). The van der Waals surface area contributed by atoms with Crippen molar-refractivity contribution >= 4 is 65.2 Å². The summed E-state index contributed by atoms with van der Waals surface area (Å²) in [4.78, 5) is 27.5. The molecule has 13 heteroatoms. The van der Waals surface area contributed by atoms with Crippen LogP contribution >= 0.6 is 31.9 Å². The molecule has 0 saturated carbocycles. The fourth-order valence-electron chi connectivity index (χ4n) is 4.90. The van der Waals surface area contributed by atoms with E-state index in [-0.39, 0.29) is 84.0 Å². The Balaban J connectivity index is 0.000000388. The predicted molar refractivity (Wildman–Crippen MR) is 158 cm³/mol. The van der Waals surface area contributed by atoms with Crippen molar-refractivity contribution in [3.05, 3.63) is 55.5 Å². The smallest absolute Gasteiger partial charge is 1.00 e. The number of nitrogens with zero attached hydrogens (tertiary/aromatic N) is 2. The molecule has 2 aliphatic rings. The van der Waals surface area contributed by atoms with Crippen LogP contribution in [0.3, 0.4) is 0 Å². The fraction of sp³-hybridized carbons (Fsp3) is 0.481. The second-order valence-corrected chi connectivity index (χ2v) is 13.2. The van der Waals surface area contributed by atoms with E-state index in [0.29, 0.717) is 25.8 Å². The molecule has 0 bridgehead atoms. The Labute approximate surface area is 293 Å². The minimum atomic E-state index is -3.50. The number of anilines is 2. The summed E-state index contributed by atoms with van der Waals surface area (Å²) in [5.41, 5.74) is 11.9. The van der Waals surface area contributed by atoms with Gasteiger partial charge in [-0.05, 0) is 87.1 Å². The molecule has 2 aliphatic heterocycles. The minimum absolute atomic E-state index is 0. The van der Waals surface area contributed by atoms with E-state index >= 15 is 0 Å². The van der Waals surface area contributed by atoms with E-state index in [0.717, 1.165) is 55.3 Å². The van der Waals surface area contributed by atoms with Gasteiger partial charge in [0.15, 0.2) is 0 Å². The van der Waals surface area contributed by atoms with Crippen molar-refractivity contribution in [2.45, 2.75) is 65.5 Å². The number of amides is 2. The number of hydrogen-bond acceptors (Lipinski definition) is 6. The molecule has 2 aromatic carbocycles. The number of aryl methyl sites for hydroxylation is 4. The van der Waals surface area contributed by atoms with Crippen LogP contribution in [0.25, 0.3) is 0 Å². The molecule has 2 aromatic rings. The van der Waals surface area contributed by atoms with Crippen molar-refractivity contribution in [2.24, 2.45) is 5.73 Å². The molecular weight excluding hydrogens is 788 g/mol. The Morgan fingerprint density at radius 2 is 1.18 bits per heavy atom. The van der Waals surface area contributed by atoms with Crippen LogP contribution in [0.15, 0.2) is 33.2 Å². The van der Waals surface area contributed by atoms with Gasteiger partial charge in [0.1, 0.15) is 0 Å². The number of carbonyl (C=O) groups excluding carboxylic acids is 2. The first-order valence-corrected chi connectivity index (χ1v) is 15.9. The maximum absolute atomic E-state index is 12.1. The first kappa shape index (κ1) is 38.0. The van der Waals surface area contributed by atoms with Gasteiger partial charge < -0.3 is 39.5 Å². The molecule has 2 fully saturated rings. The molecule has 2 N–H and O–H groups in total. The van der Waals surface area contributed by atoms with Gasteiger partial charge in [-0.15, -0.1) is 0 Å². The van der Waals surface area contributed by atoms with Crippen molar-refractivity contribution in [3.8, 4) is 0 Å². The zero-order valence-electron chi connectivity index (χ0n) is 23.8. The summed E-state index contributed by atoms with van der Waals surface area (Å²) < 4.78 is 29.3. The van der Waals surface area contributed by atoms with Crippen LogP contribution in [0, 0.1) is 27.7 Å². The monoisotopic (exact) mass is 821 g/mol. The van der Waals surface area contributed by atoms with Crippen molar-refractivity contribution in [3.63, 3.8) is 0 Å². The molecule has 0 aromatic heterocycles. The maximum atomic E-state index is 12.1. The standard InChI is InChI=1S/C14H18BrNO4S.C13H17BrN2O.HI.Na/c1-9-6-12(7-10(2)14(9)15)16-11(4-5-13(16)17)8-20-21(3,18)19;1-8-5-11(6-9(2)13(8)14)16-10(7-15)3-4-12(16)17;;/h6-7,11H,4-5,8H2,1-3H3;5-6,10H,3-4,7,15H2,1-2H3;1H;/q;;;+1/p-1/t11-;10-;;/m11../s1. The molecule has 40 heavy (non-hydrogen) atoms. The Morgan fingerprint density at radius 3 is 1.52 bits per heavy atom. The van der Waals surface area contributed by atoms with Crippen LogP contribution < -0.4 is 69.1 Å². The predicted octanol–water partition coefficient (Wildman–Crippen LogP) is -0.934. The summed E-state index contributed by atoms with van der Waals surface area (Å²) >= 11 is 7.04. The largest absolute Gasteiger partial charge is 1.00 e. The Kier molecular flexibility index (Phi) is 15.3. The molecule has 2 amide bonds. The van der Waals surface area contributed by atoms with Crippen LogP contribution in [0.1, 0.15) is 47.9 Å². The molecule has 0 aliphatic carbocycles. The van der Waals surface area contributed by atoms with E-state index < -0.39 is 10.1 Å². The van der Waals surface area contributed by atoms with Gasteiger partial charge in [0.25, 0.3) is 10.1 Å². The molecule has 0 spiro atoms. The third kappa shape index (κ3) is 9.47. The SMILES string of the molecule is Cc1cc(N2C(=O)CC[C@@H]2CN)cc(C)c1Br.Cc1cc(N2C(=O)CC[C@@H]2COS(C)(=O)=O)cc(C)c1Br.[I-].[Na+]. The molecule has 8 nitrogen and oxygen atoms in total. The van der Waals surface area contributed by atoms with Gasteiger partial charge >= 0.3 is 29.6 Å². The third-order valence-electron chi connectivity index (χ3n) is 6.80. The van der Waals surface area contributed by atoms with Crippen LogP contribution in [0.2, 0.25) is 0 Å². The molecule has 0 unspecified atom stereocenters. The number of halogens is 3. The van der Waals surface area contributed by atoms with E-state index in [1.54, 1.807) is 4.90 Å². The summed E-state index contributed by atoms with van der Waals surface area (Å²) in [5, 5.41) is 0. The van der Waals surface area contributed by atoms with E-state index in [2.05, 4.69) is 31.9 Å². The number of nitrogens with two attached hydrogens (primary N) is 1. The zero-order valence-corrected chi connectivity index (χ0v) is 31.9. The average Bonchev–Trinajstić information content (AvgIpc) is 3.40. The Morgan fingerprint density at radius 1 is 0.825 bits per heavy atom. The van der Waals surface area contributed by atoms with Gasteiger partial charge in [-0.2, -0.15) is 8.42 Å². The van der Waals surface area contributed by atoms with Crippen LogP contribution in [0.5, 0.6) is 0 Å². The molecule has 2 heterocycles. The van der Waals surface area contributed by atoms with Crippen molar-refractivity contribution in [1.29, 1.82) is 0 Å². The third-order valence-corrected chi connectivity index (χ3v) is 9.86. The van der Waals surface area contributed by atoms with Crippen LogP contribution in [-0.4, -0.2) is 51.7 Å². The second kappa shape index (κ2) is 16.1. The van der Waals surface area contributed by atoms with Crippen molar-refractivity contribution in [1.82, 2.24) is 0 Å². The van der Waals surface area contributed by atoms with E-state index in [4.69, 9.17) is 9.92 Å². The number of rotatable bonds is 6. The molecule has 2 atom stereocenters. The van der Waals surface area contributed by atoms with Gasteiger partial charge in [-0.1, -0.05) is 31.9 Å². The van der Waals surface area contributed by atoms with E-state index in [1.807, 2.05) is 56.9 Å². The summed E-state index contributed by atoms with van der Waals surface area (Å²) in [6.45, 7) is 8.53. The second-order valence-electron chi connectivity index (χ2n) is 9.92. The van der Waals surface area contributed by atoms with Crippen molar-refractivity contribution in [2.75, 3.05) is 29.2 Å². The average molecular weight is 823 g/mol. The van der Waals surface area contributed by atoms with E-state index in [1.165, 1.54) is 0 Å². The van der Waals surface area contributed by atoms with Crippen molar-refractivity contribution < 1.29 is 75.7 Å². The van der Waals surface area contributed by atoms with Crippen LogP contribution in [-0.2, 0) is 23.9 Å². The molecular formula is C27H35Br2IN3NaO5S. The van der Waals surface area contributed by atoms with Gasteiger partial charge in [-0.25, -0.2) is 0 Å². The van der Waals surface area contributed by atoms with Crippen LogP contribution in [0.4, 0.5) is 11.4 Å². The van der Waals surface area contributed by atoms with Gasteiger partial charge in [0.2, 0.25) is 11.8 Å². The fourth-order valence-corrected chi connectivity index (χ4v) is 5.77. The quantitative estimate of drug-likeness (QED) is 0.229. The number of benzene rings is 2. The van der Waals surface area contributed by atoms with Gasteiger partial charge in [-0.3, -0.25) is 13.8 Å². The summed E-state index contributed by atoms with van der Waals surface area (Å²) in [6.07, 6.45) is 3.50. The number of carbonyl (C=O) groups is 2. The Bertz CT molecular complexity index is 1300. The molecule has 216 valence electrons. The maximum Gasteiger partial charge on any atom is 1.00 e. The molecule has 0 radical (unpaired) electrons. The summed E-state index contributed by atoms with van der Waals surface area (Å²) in [6, 6.07) is 7.85. The first-order valence-electron chi connectivity index (χ1n) is 12.5. The minimum Gasteiger partial charge on any atom is -1.00 e. The van der Waals surface area contributed by atoms with E-state index in [9.17, 15) is 18.0 Å². The van der Waals surface area contributed by atoms with Gasteiger partial charge in [0.05, 0.1) is 18.9 Å². The zero-order chi connectivity index (χ0) is 28.4. The summed E-state index contributed by atoms with van der Waals surface area (Å²) in [7, 11) is -3.50. The normalized spacial score (nSPS) is 18.7. The molecule has 2 saturated heterocycles. The van der Waals surface area contributed by atoms with Gasteiger partial charge in [0, 0.05) is 45.7 Å². The first-order chi connectivity index (χ1) is 17.7. The number of hydrogen-bond donors (Lipinski definition) is 1. The Hall–Kier alpha value is -0.0600.